The molecule has 0 aliphatic carbocycles. The first-order valence-corrected chi connectivity index (χ1v) is 24.6. The zero-order valence-corrected chi connectivity index (χ0v) is 37.0. The van der Waals surface area contributed by atoms with Gasteiger partial charge in [0.25, 0.3) is 0 Å². The predicted octanol–water partition coefficient (Wildman–Crippen LogP) is 11.8. The average Bonchev–Trinajstić information content (AvgIpc) is 4.01. The van der Waals surface area contributed by atoms with Crippen molar-refractivity contribution in [3.8, 4) is 0 Å². The first-order valence-electron chi connectivity index (χ1n) is 24.6. The standard InChI is InChI=1S/C48H93NO7/c1-4-6-8-10-12-14-16-18-19-20-21-22-23-24-25-26-28-30-32-34-36-38-43(51)49-41(39-54-48-45(53)47-46(56-47)40(3)55-48)44(52)42(50)37-35-33-31-29-27-17-15-13-11-9-7-5-2/h40-42,44-48,50,52-53H,4-39H2,1-3H3,(H,49,51)/t40-,41-,42+,44-,45-,46+,47?,48+/m0/s1. The van der Waals surface area contributed by atoms with Crippen LogP contribution in [-0.2, 0) is 19.0 Å². The normalized spacial score (nSPS) is 22.1. The van der Waals surface area contributed by atoms with E-state index in [0.29, 0.717) is 12.8 Å². The maximum atomic E-state index is 13.0. The number of hydrogen-bond donors (Lipinski definition) is 4. The predicted molar refractivity (Wildman–Crippen MR) is 232 cm³/mol. The van der Waals surface area contributed by atoms with Crippen molar-refractivity contribution in [2.75, 3.05) is 6.61 Å². The molecule has 0 spiro atoms. The minimum Gasteiger partial charge on any atom is -0.390 e. The van der Waals surface area contributed by atoms with Gasteiger partial charge in [0.1, 0.15) is 24.4 Å². The second kappa shape index (κ2) is 35.0. The summed E-state index contributed by atoms with van der Waals surface area (Å²) in [6, 6.07) is -0.798. The number of aliphatic hydroxyl groups is 3. The van der Waals surface area contributed by atoms with E-state index in [1.807, 2.05) is 6.92 Å². The Labute approximate surface area is 345 Å². The third-order valence-corrected chi connectivity index (χ3v) is 12.4. The molecule has 0 aromatic rings. The molecule has 2 saturated heterocycles. The number of epoxide rings is 1. The van der Waals surface area contributed by atoms with Gasteiger partial charge in [-0.25, -0.2) is 0 Å². The Morgan fingerprint density at radius 3 is 1.34 bits per heavy atom. The van der Waals surface area contributed by atoms with Crippen LogP contribution in [0.3, 0.4) is 0 Å². The summed E-state index contributed by atoms with van der Waals surface area (Å²) in [5.74, 6) is -0.142. The van der Waals surface area contributed by atoms with Crippen LogP contribution in [0.5, 0.6) is 0 Å². The van der Waals surface area contributed by atoms with Gasteiger partial charge in [-0.05, 0) is 19.8 Å². The first-order chi connectivity index (χ1) is 27.4. The summed E-state index contributed by atoms with van der Waals surface area (Å²) in [7, 11) is 0. The molecule has 4 N–H and O–H groups in total. The SMILES string of the molecule is CCCCCCCCCCCCCCCCCCCCCCCC(=O)N[C@@H](CO[C@@H]1O[C@@H](C)[C@H]2OC2[C@@H]1O)[C@H](O)[C@H](O)CCCCCCCCCCCCCC. The van der Waals surface area contributed by atoms with Gasteiger partial charge in [-0.3, -0.25) is 4.79 Å². The van der Waals surface area contributed by atoms with Crippen LogP contribution in [-0.4, -0.2) is 76.8 Å². The van der Waals surface area contributed by atoms with Crippen LogP contribution in [0, 0.1) is 0 Å². The Bertz CT molecular complexity index is 892. The summed E-state index contributed by atoms with van der Waals surface area (Å²) in [6.45, 7) is 6.37. The number of amides is 1. The molecule has 0 saturated carbocycles. The fourth-order valence-corrected chi connectivity index (χ4v) is 8.50. The molecule has 332 valence electrons. The summed E-state index contributed by atoms with van der Waals surface area (Å²) < 4.78 is 17.3. The molecular weight excluding hydrogens is 703 g/mol. The number of carbonyl (C=O) groups is 1. The third-order valence-electron chi connectivity index (χ3n) is 12.4. The van der Waals surface area contributed by atoms with Gasteiger partial charge in [-0.2, -0.15) is 0 Å². The Kier molecular flexibility index (Phi) is 32.1. The third kappa shape index (κ3) is 25.7. The molecule has 1 amide bonds. The summed E-state index contributed by atoms with van der Waals surface area (Å²) >= 11 is 0. The number of rotatable bonds is 41. The van der Waals surface area contributed by atoms with E-state index in [-0.39, 0.29) is 30.8 Å². The molecule has 56 heavy (non-hydrogen) atoms. The molecule has 2 heterocycles. The molecule has 0 bridgehead atoms. The zero-order valence-electron chi connectivity index (χ0n) is 37.0. The van der Waals surface area contributed by atoms with Crippen molar-refractivity contribution in [3.63, 3.8) is 0 Å². The maximum Gasteiger partial charge on any atom is 0.220 e. The van der Waals surface area contributed by atoms with Crippen molar-refractivity contribution in [3.05, 3.63) is 0 Å². The van der Waals surface area contributed by atoms with E-state index in [9.17, 15) is 20.1 Å². The second-order valence-corrected chi connectivity index (χ2v) is 17.8. The fourth-order valence-electron chi connectivity index (χ4n) is 8.50. The largest absolute Gasteiger partial charge is 0.390 e. The van der Waals surface area contributed by atoms with Crippen molar-refractivity contribution in [2.24, 2.45) is 0 Å². The molecular formula is C48H93NO7. The summed E-state index contributed by atoms with van der Waals surface area (Å²) in [5.41, 5.74) is 0. The number of fused-ring (bicyclic) bond motifs is 1. The summed E-state index contributed by atoms with van der Waals surface area (Å²) in [6.07, 6.45) is 39.0. The summed E-state index contributed by atoms with van der Waals surface area (Å²) in [4.78, 5) is 13.0. The Morgan fingerprint density at radius 1 is 0.554 bits per heavy atom. The molecule has 8 atom stereocenters. The lowest BCUT2D eigenvalue weighted by molar-refractivity contribution is -0.231. The molecule has 1 unspecified atom stereocenters. The van der Waals surface area contributed by atoms with Crippen LogP contribution in [0.25, 0.3) is 0 Å². The molecule has 2 fully saturated rings. The van der Waals surface area contributed by atoms with Gasteiger partial charge in [-0.15, -0.1) is 0 Å². The highest BCUT2D eigenvalue weighted by Crippen LogP contribution is 2.37. The van der Waals surface area contributed by atoms with Crippen molar-refractivity contribution < 1.29 is 34.3 Å². The van der Waals surface area contributed by atoms with Gasteiger partial charge in [0, 0.05) is 6.42 Å². The van der Waals surface area contributed by atoms with Crippen LogP contribution >= 0.6 is 0 Å². The second-order valence-electron chi connectivity index (χ2n) is 17.8. The van der Waals surface area contributed by atoms with Crippen molar-refractivity contribution >= 4 is 5.91 Å². The highest BCUT2D eigenvalue weighted by Gasteiger charge is 2.56. The van der Waals surface area contributed by atoms with Gasteiger partial charge in [0.15, 0.2) is 6.29 Å². The highest BCUT2D eigenvalue weighted by atomic mass is 16.7. The Hall–Kier alpha value is -0.770. The topological polar surface area (TPSA) is 121 Å². The number of unbranched alkanes of at least 4 members (excludes halogenated alkanes) is 31. The smallest absolute Gasteiger partial charge is 0.220 e. The first kappa shape index (κ1) is 51.4. The van der Waals surface area contributed by atoms with Gasteiger partial charge in [-0.1, -0.05) is 219 Å². The van der Waals surface area contributed by atoms with Gasteiger partial charge in [0.2, 0.25) is 5.91 Å². The van der Waals surface area contributed by atoms with Crippen LogP contribution < -0.4 is 5.32 Å². The molecule has 0 radical (unpaired) electrons. The van der Waals surface area contributed by atoms with E-state index in [4.69, 9.17) is 14.2 Å². The highest BCUT2D eigenvalue weighted by molar-refractivity contribution is 5.76. The van der Waals surface area contributed by atoms with E-state index in [1.165, 1.54) is 173 Å². The zero-order chi connectivity index (χ0) is 40.5. The van der Waals surface area contributed by atoms with E-state index in [0.717, 1.165) is 38.5 Å². The number of aliphatic hydroxyl groups excluding tert-OH is 3. The van der Waals surface area contributed by atoms with Gasteiger partial charge < -0.3 is 34.8 Å². The number of nitrogens with one attached hydrogen (secondary N) is 1. The number of hydrogen-bond acceptors (Lipinski definition) is 7. The van der Waals surface area contributed by atoms with Crippen molar-refractivity contribution in [1.29, 1.82) is 0 Å². The molecule has 0 aromatic heterocycles. The van der Waals surface area contributed by atoms with Crippen molar-refractivity contribution in [2.45, 2.75) is 294 Å². The molecule has 2 aliphatic rings. The van der Waals surface area contributed by atoms with Crippen LogP contribution in [0.4, 0.5) is 0 Å². The number of carbonyl (C=O) groups excluding carboxylic acids is 1. The minimum absolute atomic E-state index is 0.0620. The lowest BCUT2D eigenvalue weighted by Gasteiger charge is -2.32. The lowest BCUT2D eigenvalue weighted by atomic mass is 9.99. The molecule has 2 aliphatic heterocycles. The molecule has 8 heteroatoms. The monoisotopic (exact) mass is 796 g/mol. The quantitative estimate of drug-likeness (QED) is 0.0359. The summed E-state index contributed by atoms with van der Waals surface area (Å²) in [5, 5.41) is 35.7. The minimum atomic E-state index is -1.17. The van der Waals surface area contributed by atoms with E-state index in [2.05, 4.69) is 19.2 Å². The van der Waals surface area contributed by atoms with E-state index < -0.39 is 30.6 Å². The van der Waals surface area contributed by atoms with E-state index >= 15 is 0 Å². The lowest BCUT2D eigenvalue weighted by Crippen LogP contribution is -2.53. The number of ether oxygens (including phenoxy) is 3. The van der Waals surface area contributed by atoms with Crippen LogP contribution in [0.2, 0.25) is 0 Å². The van der Waals surface area contributed by atoms with Crippen LogP contribution in [0.1, 0.15) is 245 Å². The fraction of sp³-hybridized carbons (Fsp3) is 0.979. The maximum absolute atomic E-state index is 13.0. The van der Waals surface area contributed by atoms with Crippen LogP contribution in [0.15, 0.2) is 0 Å². The average molecular weight is 796 g/mol. The van der Waals surface area contributed by atoms with Gasteiger partial charge >= 0.3 is 0 Å². The molecule has 0 aromatic carbocycles. The van der Waals surface area contributed by atoms with E-state index in [1.54, 1.807) is 0 Å². The Balaban J connectivity index is 1.54. The Morgan fingerprint density at radius 2 is 0.929 bits per heavy atom. The molecule has 2 rings (SSSR count). The molecule has 8 nitrogen and oxygen atoms in total. The van der Waals surface area contributed by atoms with Gasteiger partial charge in [0.05, 0.1) is 24.9 Å². The van der Waals surface area contributed by atoms with Crippen molar-refractivity contribution in [1.82, 2.24) is 5.32 Å².